The van der Waals surface area contributed by atoms with Crippen molar-refractivity contribution >= 4 is 5.82 Å². The Morgan fingerprint density at radius 2 is 1.85 bits per heavy atom. The molecule has 1 saturated heterocycles. The van der Waals surface area contributed by atoms with Gasteiger partial charge in [0.05, 0.1) is 17.9 Å². The summed E-state index contributed by atoms with van der Waals surface area (Å²) in [5, 5.41) is 12.1. The van der Waals surface area contributed by atoms with Crippen LogP contribution in [0.25, 0.3) is 0 Å². The fourth-order valence-electron chi connectivity index (χ4n) is 2.34. The average molecular weight is 278 g/mol. The van der Waals surface area contributed by atoms with Gasteiger partial charge in [-0.1, -0.05) is 0 Å². The van der Waals surface area contributed by atoms with Crippen LogP contribution in [0.2, 0.25) is 0 Å². The predicted molar refractivity (Wildman–Crippen MR) is 80.8 cm³/mol. The number of nitrogens with zero attached hydrogens (tertiary/aromatic N) is 3. The molecule has 20 heavy (non-hydrogen) atoms. The van der Waals surface area contributed by atoms with Crippen LogP contribution in [0, 0.1) is 0 Å². The molecule has 1 aromatic heterocycles. The standard InChI is InChI=1S/C15H26N4O/c1-11-9-19(10-12(2)20-11)14-7-6-13(17-18-14)8-16-15(3,4)5/h6-7,11-12,16H,8-10H2,1-5H3. The second kappa shape index (κ2) is 6.06. The summed E-state index contributed by atoms with van der Waals surface area (Å²) in [6.45, 7) is 13.1. The summed E-state index contributed by atoms with van der Waals surface area (Å²) < 4.78 is 5.74. The maximum Gasteiger partial charge on any atom is 0.151 e. The van der Waals surface area contributed by atoms with Gasteiger partial charge in [0.2, 0.25) is 0 Å². The molecule has 1 aromatic rings. The number of anilines is 1. The van der Waals surface area contributed by atoms with Gasteiger partial charge in [0.15, 0.2) is 5.82 Å². The zero-order chi connectivity index (χ0) is 14.8. The molecular weight excluding hydrogens is 252 g/mol. The minimum Gasteiger partial charge on any atom is -0.372 e. The van der Waals surface area contributed by atoms with Crippen molar-refractivity contribution in [2.75, 3.05) is 18.0 Å². The molecule has 2 atom stereocenters. The van der Waals surface area contributed by atoms with Gasteiger partial charge in [-0.3, -0.25) is 0 Å². The normalized spacial score (nSPS) is 23.9. The van der Waals surface area contributed by atoms with E-state index < -0.39 is 0 Å². The molecule has 0 aromatic carbocycles. The minimum atomic E-state index is 0.0927. The summed E-state index contributed by atoms with van der Waals surface area (Å²) in [6.07, 6.45) is 0.477. The van der Waals surface area contributed by atoms with Crippen LogP contribution in [-0.2, 0) is 11.3 Å². The minimum absolute atomic E-state index is 0.0927. The van der Waals surface area contributed by atoms with Crippen molar-refractivity contribution in [3.8, 4) is 0 Å². The molecule has 112 valence electrons. The molecule has 5 heteroatoms. The molecule has 0 bridgehead atoms. The third-order valence-corrected chi connectivity index (χ3v) is 3.25. The lowest BCUT2D eigenvalue weighted by Crippen LogP contribution is -2.46. The van der Waals surface area contributed by atoms with Crippen LogP contribution in [-0.4, -0.2) is 41.0 Å². The molecule has 5 nitrogen and oxygen atoms in total. The first-order chi connectivity index (χ1) is 9.33. The molecule has 1 N–H and O–H groups in total. The number of hydrogen-bond donors (Lipinski definition) is 1. The molecule has 2 unspecified atom stereocenters. The van der Waals surface area contributed by atoms with Gasteiger partial charge in [0.1, 0.15) is 0 Å². The zero-order valence-corrected chi connectivity index (χ0v) is 13.2. The fraction of sp³-hybridized carbons (Fsp3) is 0.733. The topological polar surface area (TPSA) is 50.3 Å². The van der Waals surface area contributed by atoms with Crippen molar-refractivity contribution in [2.45, 2.75) is 58.9 Å². The Labute approximate surface area is 121 Å². The van der Waals surface area contributed by atoms with Crippen molar-refractivity contribution < 1.29 is 4.74 Å². The summed E-state index contributed by atoms with van der Waals surface area (Å²) in [5.41, 5.74) is 1.06. The predicted octanol–water partition coefficient (Wildman–Crippen LogP) is 1.98. The lowest BCUT2D eigenvalue weighted by Gasteiger charge is -2.35. The SMILES string of the molecule is CC1CN(c2ccc(CNC(C)(C)C)nn2)CC(C)O1. The van der Waals surface area contributed by atoms with Crippen LogP contribution in [0.3, 0.4) is 0 Å². The van der Waals surface area contributed by atoms with E-state index in [0.717, 1.165) is 31.1 Å². The van der Waals surface area contributed by atoms with Gasteiger partial charge in [0.25, 0.3) is 0 Å². The van der Waals surface area contributed by atoms with Crippen molar-refractivity contribution in [2.24, 2.45) is 0 Å². The summed E-state index contributed by atoms with van der Waals surface area (Å²) >= 11 is 0. The van der Waals surface area contributed by atoms with Gasteiger partial charge < -0.3 is 15.0 Å². The molecular formula is C15H26N4O. The van der Waals surface area contributed by atoms with E-state index in [1.54, 1.807) is 0 Å². The van der Waals surface area contributed by atoms with Crippen LogP contribution in [0.5, 0.6) is 0 Å². The molecule has 0 radical (unpaired) electrons. The molecule has 1 aliphatic heterocycles. The lowest BCUT2D eigenvalue weighted by molar-refractivity contribution is -0.00550. The number of morpholine rings is 1. The summed E-state index contributed by atoms with van der Waals surface area (Å²) in [5.74, 6) is 0.937. The fourth-order valence-corrected chi connectivity index (χ4v) is 2.34. The zero-order valence-electron chi connectivity index (χ0n) is 13.2. The maximum atomic E-state index is 5.74. The highest BCUT2D eigenvalue weighted by atomic mass is 16.5. The highest BCUT2D eigenvalue weighted by Crippen LogP contribution is 2.17. The first-order valence-electron chi connectivity index (χ1n) is 7.31. The van der Waals surface area contributed by atoms with E-state index in [-0.39, 0.29) is 17.7 Å². The molecule has 1 fully saturated rings. The molecule has 1 aliphatic rings. The van der Waals surface area contributed by atoms with Crippen molar-refractivity contribution in [3.63, 3.8) is 0 Å². The highest BCUT2D eigenvalue weighted by molar-refractivity contribution is 5.38. The van der Waals surface area contributed by atoms with Gasteiger partial charge in [-0.2, -0.15) is 5.10 Å². The Bertz CT molecular complexity index is 416. The number of aromatic nitrogens is 2. The number of rotatable bonds is 3. The van der Waals surface area contributed by atoms with E-state index in [9.17, 15) is 0 Å². The third-order valence-electron chi connectivity index (χ3n) is 3.25. The highest BCUT2D eigenvalue weighted by Gasteiger charge is 2.23. The van der Waals surface area contributed by atoms with Crippen LogP contribution >= 0.6 is 0 Å². The van der Waals surface area contributed by atoms with Gasteiger partial charge >= 0.3 is 0 Å². The van der Waals surface area contributed by atoms with Crippen LogP contribution in [0.15, 0.2) is 12.1 Å². The van der Waals surface area contributed by atoms with Gasteiger partial charge in [0, 0.05) is 25.2 Å². The van der Waals surface area contributed by atoms with E-state index in [2.05, 4.69) is 61.1 Å². The smallest absolute Gasteiger partial charge is 0.151 e. The monoisotopic (exact) mass is 278 g/mol. The molecule has 2 rings (SSSR count). The maximum absolute atomic E-state index is 5.74. The molecule has 0 aliphatic carbocycles. The Kier molecular flexibility index (Phi) is 4.60. The van der Waals surface area contributed by atoms with Crippen LogP contribution < -0.4 is 10.2 Å². The first kappa shape index (κ1) is 15.2. The lowest BCUT2D eigenvalue weighted by atomic mass is 10.1. The van der Waals surface area contributed by atoms with Crippen LogP contribution in [0.4, 0.5) is 5.82 Å². The number of nitrogens with one attached hydrogen (secondary N) is 1. The second-order valence-corrected chi connectivity index (χ2v) is 6.65. The number of ether oxygens (including phenoxy) is 1. The Morgan fingerprint density at radius 3 is 2.35 bits per heavy atom. The molecule has 0 saturated carbocycles. The molecule has 0 amide bonds. The summed E-state index contributed by atoms with van der Waals surface area (Å²) in [6, 6.07) is 4.10. The van der Waals surface area contributed by atoms with Crippen molar-refractivity contribution in [1.82, 2.24) is 15.5 Å². The van der Waals surface area contributed by atoms with Crippen LogP contribution in [0.1, 0.15) is 40.3 Å². The summed E-state index contributed by atoms with van der Waals surface area (Å²) in [7, 11) is 0. The van der Waals surface area contributed by atoms with E-state index in [1.165, 1.54) is 0 Å². The Balaban J connectivity index is 1.97. The Morgan fingerprint density at radius 1 is 1.20 bits per heavy atom. The van der Waals surface area contributed by atoms with Crippen molar-refractivity contribution in [1.29, 1.82) is 0 Å². The molecule has 0 spiro atoms. The Hall–Kier alpha value is -1.20. The first-order valence-corrected chi connectivity index (χ1v) is 7.31. The summed E-state index contributed by atoms with van der Waals surface area (Å²) in [4.78, 5) is 2.24. The van der Waals surface area contributed by atoms with E-state index in [0.29, 0.717) is 0 Å². The van der Waals surface area contributed by atoms with E-state index in [1.807, 2.05) is 6.07 Å². The van der Waals surface area contributed by atoms with Gasteiger partial charge in [-0.25, -0.2) is 0 Å². The van der Waals surface area contributed by atoms with Crippen molar-refractivity contribution in [3.05, 3.63) is 17.8 Å². The largest absolute Gasteiger partial charge is 0.372 e. The van der Waals surface area contributed by atoms with Gasteiger partial charge in [-0.05, 0) is 46.8 Å². The van der Waals surface area contributed by atoms with Gasteiger partial charge in [-0.15, -0.1) is 5.10 Å². The average Bonchev–Trinajstić information content (AvgIpc) is 2.35. The second-order valence-electron chi connectivity index (χ2n) is 6.65. The van der Waals surface area contributed by atoms with E-state index in [4.69, 9.17) is 4.74 Å². The van der Waals surface area contributed by atoms with E-state index >= 15 is 0 Å². The quantitative estimate of drug-likeness (QED) is 0.916. The third kappa shape index (κ3) is 4.42. The number of hydrogen-bond acceptors (Lipinski definition) is 5. The molecule has 2 heterocycles.